The number of carbonyl (C=O) groups is 1. The largest absolute Gasteiger partial charge is 0.490 e. The van der Waals surface area contributed by atoms with E-state index >= 15 is 0 Å². The quantitative estimate of drug-likeness (QED) is 0.802. The van der Waals surface area contributed by atoms with Gasteiger partial charge < -0.3 is 9.47 Å². The molecule has 98 valence electrons. The average molecular weight is 248 g/mol. The number of benzene rings is 1. The van der Waals surface area contributed by atoms with Gasteiger partial charge in [0, 0.05) is 12.8 Å². The second-order valence-corrected chi connectivity index (χ2v) is 4.55. The van der Waals surface area contributed by atoms with Gasteiger partial charge >= 0.3 is 0 Å². The molecule has 0 saturated heterocycles. The van der Waals surface area contributed by atoms with Gasteiger partial charge in [-0.3, -0.25) is 4.79 Å². The van der Waals surface area contributed by atoms with Crippen LogP contribution in [0.15, 0.2) is 18.2 Å². The normalized spacial score (nSPS) is 19.0. The van der Waals surface area contributed by atoms with Crippen LogP contribution < -0.4 is 9.47 Å². The number of rotatable bonds is 5. The van der Waals surface area contributed by atoms with Crippen LogP contribution in [0.4, 0.5) is 0 Å². The first kappa shape index (κ1) is 12.9. The van der Waals surface area contributed by atoms with Crippen LogP contribution in [0.5, 0.6) is 11.5 Å². The monoisotopic (exact) mass is 248 g/mol. The van der Waals surface area contributed by atoms with Crippen LogP contribution in [0.2, 0.25) is 0 Å². The predicted molar refractivity (Wildman–Crippen MR) is 70.4 cm³/mol. The molecule has 0 aliphatic heterocycles. The van der Waals surface area contributed by atoms with Gasteiger partial charge in [0.05, 0.1) is 13.2 Å². The molecule has 0 N–H and O–H groups in total. The standard InChI is InChI=1S/C15H20O3/c1-3-17-14-8-6-12(10-15(14)18-4-2)11-5-7-13(16)9-11/h6,8,10-11H,3-5,7,9H2,1-2H3. The van der Waals surface area contributed by atoms with Gasteiger partial charge in [0.2, 0.25) is 0 Å². The minimum atomic E-state index is 0.354. The summed E-state index contributed by atoms with van der Waals surface area (Å²) in [5.74, 6) is 2.29. The highest BCUT2D eigenvalue weighted by Gasteiger charge is 2.24. The molecule has 1 saturated carbocycles. The Kier molecular flexibility index (Phi) is 4.24. The number of hydrogen-bond acceptors (Lipinski definition) is 3. The van der Waals surface area contributed by atoms with Crippen molar-refractivity contribution in [1.29, 1.82) is 0 Å². The molecule has 0 aromatic heterocycles. The molecule has 0 radical (unpaired) electrons. The average Bonchev–Trinajstić information content (AvgIpc) is 2.79. The van der Waals surface area contributed by atoms with Crippen molar-refractivity contribution in [2.45, 2.75) is 39.0 Å². The molecule has 1 aliphatic carbocycles. The zero-order valence-electron chi connectivity index (χ0n) is 11.1. The van der Waals surface area contributed by atoms with E-state index in [0.29, 0.717) is 37.8 Å². The SMILES string of the molecule is CCOc1ccc(C2CCC(=O)C2)cc1OCC. The highest BCUT2D eigenvalue weighted by molar-refractivity contribution is 5.81. The van der Waals surface area contributed by atoms with E-state index in [9.17, 15) is 4.79 Å². The summed E-state index contributed by atoms with van der Waals surface area (Å²) >= 11 is 0. The van der Waals surface area contributed by atoms with E-state index in [1.54, 1.807) is 0 Å². The van der Waals surface area contributed by atoms with Gasteiger partial charge in [0.1, 0.15) is 5.78 Å². The molecule has 3 heteroatoms. The van der Waals surface area contributed by atoms with Crippen LogP contribution in [-0.2, 0) is 4.79 Å². The Balaban J connectivity index is 2.21. The maximum absolute atomic E-state index is 11.4. The molecular weight excluding hydrogens is 228 g/mol. The van der Waals surface area contributed by atoms with Gasteiger partial charge in [0.15, 0.2) is 11.5 Å². The first-order valence-electron chi connectivity index (χ1n) is 6.65. The molecule has 1 fully saturated rings. The second-order valence-electron chi connectivity index (χ2n) is 4.55. The molecule has 1 aliphatic rings. The van der Waals surface area contributed by atoms with Gasteiger partial charge in [0.25, 0.3) is 0 Å². The van der Waals surface area contributed by atoms with Crippen molar-refractivity contribution in [2.75, 3.05) is 13.2 Å². The van der Waals surface area contributed by atoms with Gasteiger partial charge in [-0.25, -0.2) is 0 Å². The number of ether oxygens (including phenoxy) is 2. The van der Waals surface area contributed by atoms with Crippen LogP contribution in [-0.4, -0.2) is 19.0 Å². The zero-order valence-corrected chi connectivity index (χ0v) is 11.1. The van der Waals surface area contributed by atoms with Gasteiger partial charge in [-0.2, -0.15) is 0 Å². The molecule has 0 amide bonds. The van der Waals surface area contributed by atoms with Crippen molar-refractivity contribution in [3.05, 3.63) is 23.8 Å². The van der Waals surface area contributed by atoms with E-state index in [2.05, 4.69) is 6.07 Å². The van der Waals surface area contributed by atoms with E-state index in [1.807, 2.05) is 26.0 Å². The molecule has 18 heavy (non-hydrogen) atoms. The second kappa shape index (κ2) is 5.89. The topological polar surface area (TPSA) is 35.5 Å². The lowest BCUT2D eigenvalue weighted by molar-refractivity contribution is -0.117. The lowest BCUT2D eigenvalue weighted by Gasteiger charge is -2.15. The zero-order chi connectivity index (χ0) is 13.0. The molecule has 3 nitrogen and oxygen atoms in total. The van der Waals surface area contributed by atoms with E-state index in [1.165, 1.54) is 5.56 Å². The smallest absolute Gasteiger partial charge is 0.161 e. The Morgan fingerprint density at radius 3 is 2.50 bits per heavy atom. The third-order valence-electron chi connectivity index (χ3n) is 3.28. The van der Waals surface area contributed by atoms with E-state index < -0.39 is 0 Å². The lowest BCUT2D eigenvalue weighted by Crippen LogP contribution is -2.01. The highest BCUT2D eigenvalue weighted by Crippen LogP contribution is 2.37. The summed E-state index contributed by atoms with van der Waals surface area (Å²) in [6.45, 7) is 5.16. The Morgan fingerprint density at radius 2 is 1.89 bits per heavy atom. The molecular formula is C15H20O3. The van der Waals surface area contributed by atoms with Crippen molar-refractivity contribution in [3.8, 4) is 11.5 Å². The summed E-state index contributed by atoms with van der Waals surface area (Å²) in [7, 11) is 0. The number of hydrogen-bond donors (Lipinski definition) is 0. The van der Waals surface area contributed by atoms with Crippen LogP contribution in [0.3, 0.4) is 0 Å². The van der Waals surface area contributed by atoms with Gasteiger partial charge in [-0.05, 0) is 43.9 Å². The molecule has 0 spiro atoms. The van der Waals surface area contributed by atoms with Crippen molar-refractivity contribution in [1.82, 2.24) is 0 Å². The molecule has 0 heterocycles. The summed E-state index contributed by atoms with van der Waals surface area (Å²) in [6.07, 6.45) is 2.33. The maximum Gasteiger partial charge on any atom is 0.161 e. The fourth-order valence-electron chi connectivity index (χ4n) is 2.42. The van der Waals surface area contributed by atoms with Crippen LogP contribution in [0.25, 0.3) is 0 Å². The number of Topliss-reactive ketones (excluding diaryl/α,β-unsaturated/α-hetero) is 1. The summed E-state index contributed by atoms with van der Waals surface area (Å²) in [6, 6.07) is 6.03. The highest BCUT2D eigenvalue weighted by atomic mass is 16.5. The maximum atomic E-state index is 11.4. The minimum absolute atomic E-state index is 0.354. The van der Waals surface area contributed by atoms with Crippen molar-refractivity contribution >= 4 is 5.78 Å². The fraction of sp³-hybridized carbons (Fsp3) is 0.533. The Hall–Kier alpha value is -1.51. The lowest BCUT2D eigenvalue weighted by atomic mass is 9.97. The van der Waals surface area contributed by atoms with Crippen LogP contribution in [0, 0.1) is 0 Å². The van der Waals surface area contributed by atoms with Crippen molar-refractivity contribution in [3.63, 3.8) is 0 Å². The molecule has 1 unspecified atom stereocenters. The minimum Gasteiger partial charge on any atom is -0.490 e. The molecule has 1 aromatic rings. The summed E-state index contributed by atoms with van der Waals surface area (Å²) in [5, 5.41) is 0. The first-order valence-corrected chi connectivity index (χ1v) is 6.65. The van der Waals surface area contributed by atoms with Gasteiger partial charge in [-0.1, -0.05) is 6.07 Å². The summed E-state index contributed by atoms with van der Waals surface area (Å²) < 4.78 is 11.1. The molecule has 1 atom stereocenters. The summed E-state index contributed by atoms with van der Waals surface area (Å²) in [5.41, 5.74) is 1.19. The number of ketones is 1. The Morgan fingerprint density at radius 1 is 1.17 bits per heavy atom. The van der Waals surface area contributed by atoms with Crippen molar-refractivity contribution in [2.24, 2.45) is 0 Å². The predicted octanol–water partition coefficient (Wildman–Crippen LogP) is 3.32. The summed E-state index contributed by atoms with van der Waals surface area (Å²) in [4.78, 5) is 11.4. The van der Waals surface area contributed by atoms with Crippen LogP contribution in [0.1, 0.15) is 44.6 Å². The first-order chi connectivity index (χ1) is 8.74. The van der Waals surface area contributed by atoms with Crippen LogP contribution >= 0.6 is 0 Å². The fourth-order valence-corrected chi connectivity index (χ4v) is 2.42. The van der Waals surface area contributed by atoms with Crippen molar-refractivity contribution < 1.29 is 14.3 Å². The number of carbonyl (C=O) groups excluding carboxylic acids is 1. The Labute approximate surface area is 108 Å². The Bertz CT molecular complexity index is 426. The van der Waals surface area contributed by atoms with Gasteiger partial charge in [-0.15, -0.1) is 0 Å². The third kappa shape index (κ3) is 2.84. The molecule has 0 bridgehead atoms. The third-order valence-corrected chi connectivity index (χ3v) is 3.28. The molecule has 1 aromatic carbocycles. The van der Waals surface area contributed by atoms with E-state index in [-0.39, 0.29) is 0 Å². The van der Waals surface area contributed by atoms with E-state index in [0.717, 1.165) is 17.9 Å². The van der Waals surface area contributed by atoms with E-state index in [4.69, 9.17) is 9.47 Å². The molecule has 2 rings (SSSR count).